The van der Waals surface area contributed by atoms with E-state index < -0.39 is 0 Å². The summed E-state index contributed by atoms with van der Waals surface area (Å²) in [4.78, 5) is 12.3. The summed E-state index contributed by atoms with van der Waals surface area (Å²) >= 11 is 1.74. The summed E-state index contributed by atoms with van der Waals surface area (Å²) in [5.74, 6) is 0.621. The van der Waals surface area contributed by atoms with Crippen LogP contribution in [0.2, 0.25) is 0 Å². The quantitative estimate of drug-likeness (QED) is 0.730. The van der Waals surface area contributed by atoms with Crippen LogP contribution in [0.1, 0.15) is 28.4 Å². The molecule has 0 saturated heterocycles. The van der Waals surface area contributed by atoms with E-state index in [0.717, 1.165) is 22.6 Å². The standard InChI is InChI=1S/C10H12N2OS/c11-7-4-5-14-8-3-1-2-6(9(7)8)10(12)13/h1-3,7H,4-5,11H2,(H2,12,13)/t7-/m1/s1. The predicted molar refractivity (Wildman–Crippen MR) is 57.2 cm³/mol. The van der Waals surface area contributed by atoms with Crippen LogP contribution in [0.25, 0.3) is 0 Å². The van der Waals surface area contributed by atoms with Gasteiger partial charge in [0, 0.05) is 16.5 Å². The highest BCUT2D eigenvalue weighted by Gasteiger charge is 2.22. The van der Waals surface area contributed by atoms with E-state index in [2.05, 4.69) is 0 Å². The number of hydrogen-bond donors (Lipinski definition) is 2. The number of thioether (sulfide) groups is 1. The van der Waals surface area contributed by atoms with E-state index in [4.69, 9.17) is 11.5 Å². The lowest BCUT2D eigenvalue weighted by atomic mass is 9.98. The third-order valence-corrected chi connectivity index (χ3v) is 3.50. The molecule has 0 bridgehead atoms. The van der Waals surface area contributed by atoms with Crippen LogP contribution in [0.15, 0.2) is 23.1 Å². The van der Waals surface area contributed by atoms with Crippen molar-refractivity contribution in [3.63, 3.8) is 0 Å². The highest BCUT2D eigenvalue weighted by molar-refractivity contribution is 7.99. The first-order valence-corrected chi connectivity index (χ1v) is 5.50. The second kappa shape index (κ2) is 3.63. The van der Waals surface area contributed by atoms with Gasteiger partial charge in [-0.1, -0.05) is 6.07 Å². The first-order chi connectivity index (χ1) is 6.70. The Balaban J connectivity index is 2.57. The van der Waals surface area contributed by atoms with Gasteiger partial charge in [0.15, 0.2) is 0 Å². The summed E-state index contributed by atoms with van der Waals surface area (Å²) in [6.45, 7) is 0. The van der Waals surface area contributed by atoms with Crippen molar-refractivity contribution in [2.24, 2.45) is 11.5 Å². The molecule has 1 aliphatic heterocycles. The average molecular weight is 208 g/mol. The van der Waals surface area contributed by atoms with E-state index in [0.29, 0.717) is 5.56 Å². The molecule has 0 aliphatic carbocycles. The van der Waals surface area contributed by atoms with Crippen molar-refractivity contribution in [1.82, 2.24) is 0 Å². The largest absolute Gasteiger partial charge is 0.366 e. The molecule has 4 heteroatoms. The van der Waals surface area contributed by atoms with Gasteiger partial charge in [0.25, 0.3) is 0 Å². The molecule has 0 saturated carbocycles. The molecule has 0 fully saturated rings. The van der Waals surface area contributed by atoms with E-state index in [9.17, 15) is 4.79 Å². The van der Waals surface area contributed by atoms with E-state index in [1.807, 2.05) is 12.1 Å². The van der Waals surface area contributed by atoms with Crippen LogP contribution >= 0.6 is 11.8 Å². The lowest BCUT2D eigenvalue weighted by molar-refractivity contribution is 0.0998. The zero-order chi connectivity index (χ0) is 10.1. The van der Waals surface area contributed by atoms with Crippen molar-refractivity contribution in [2.45, 2.75) is 17.4 Å². The molecule has 3 nitrogen and oxygen atoms in total. The Morgan fingerprint density at radius 1 is 1.50 bits per heavy atom. The maximum absolute atomic E-state index is 11.2. The molecule has 1 atom stereocenters. The minimum Gasteiger partial charge on any atom is -0.366 e. The Bertz CT molecular complexity index is 378. The lowest BCUT2D eigenvalue weighted by Crippen LogP contribution is -2.22. The highest BCUT2D eigenvalue weighted by Crippen LogP contribution is 2.36. The van der Waals surface area contributed by atoms with Crippen LogP contribution < -0.4 is 11.5 Å². The number of benzene rings is 1. The molecule has 74 valence electrons. The van der Waals surface area contributed by atoms with Gasteiger partial charge >= 0.3 is 0 Å². The summed E-state index contributed by atoms with van der Waals surface area (Å²) in [6, 6.07) is 5.54. The Labute approximate surface area is 86.8 Å². The molecule has 0 aromatic heterocycles. The SMILES string of the molecule is NC(=O)c1cccc2c1[C@H](N)CCS2. The Hall–Kier alpha value is -1.00. The Morgan fingerprint density at radius 2 is 2.29 bits per heavy atom. The van der Waals surface area contributed by atoms with Crippen LogP contribution in [0, 0.1) is 0 Å². The van der Waals surface area contributed by atoms with Crippen molar-refractivity contribution in [1.29, 1.82) is 0 Å². The van der Waals surface area contributed by atoms with Gasteiger partial charge in [-0.2, -0.15) is 0 Å². The molecule has 14 heavy (non-hydrogen) atoms. The zero-order valence-electron chi connectivity index (χ0n) is 7.69. The number of carbonyl (C=O) groups excluding carboxylic acids is 1. The molecule has 4 N–H and O–H groups in total. The third kappa shape index (κ3) is 1.51. The number of primary amides is 1. The number of rotatable bonds is 1. The maximum atomic E-state index is 11.2. The number of hydrogen-bond acceptors (Lipinski definition) is 3. The molecule has 1 aromatic carbocycles. The molecule has 1 aromatic rings. The van der Waals surface area contributed by atoms with Gasteiger partial charge in [-0.15, -0.1) is 11.8 Å². The molecule has 2 rings (SSSR count). The minimum atomic E-state index is -0.389. The highest BCUT2D eigenvalue weighted by atomic mass is 32.2. The van der Waals surface area contributed by atoms with Gasteiger partial charge in [-0.25, -0.2) is 0 Å². The maximum Gasteiger partial charge on any atom is 0.249 e. The van der Waals surface area contributed by atoms with Crippen molar-refractivity contribution < 1.29 is 4.79 Å². The van der Waals surface area contributed by atoms with E-state index >= 15 is 0 Å². The first kappa shape index (κ1) is 9.55. The first-order valence-electron chi connectivity index (χ1n) is 4.51. The molecule has 1 aliphatic rings. The second-order valence-corrected chi connectivity index (χ2v) is 4.46. The van der Waals surface area contributed by atoms with Gasteiger partial charge < -0.3 is 11.5 Å². The summed E-state index contributed by atoms with van der Waals surface area (Å²) in [7, 11) is 0. The van der Waals surface area contributed by atoms with E-state index in [1.54, 1.807) is 17.8 Å². The number of carbonyl (C=O) groups is 1. The van der Waals surface area contributed by atoms with Crippen molar-refractivity contribution >= 4 is 17.7 Å². The molecule has 1 heterocycles. The Kier molecular flexibility index (Phi) is 2.48. The van der Waals surface area contributed by atoms with Gasteiger partial charge in [0.2, 0.25) is 5.91 Å². The fraction of sp³-hybridized carbons (Fsp3) is 0.300. The third-order valence-electron chi connectivity index (χ3n) is 2.39. The van der Waals surface area contributed by atoms with Crippen molar-refractivity contribution in [2.75, 3.05) is 5.75 Å². The zero-order valence-corrected chi connectivity index (χ0v) is 8.51. The average Bonchev–Trinajstić information content (AvgIpc) is 2.17. The summed E-state index contributed by atoms with van der Waals surface area (Å²) < 4.78 is 0. The van der Waals surface area contributed by atoms with Crippen LogP contribution in [0.3, 0.4) is 0 Å². The number of amides is 1. The molecular weight excluding hydrogens is 196 g/mol. The lowest BCUT2D eigenvalue weighted by Gasteiger charge is -2.23. The summed E-state index contributed by atoms with van der Waals surface area (Å²) in [5, 5.41) is 0. The summed E-state index contributed by atoms with van der Waals surface area (Å²) in [5.41, 5.74) is 12.8. The molecular formula is C10H12N2OS. The van der Waals surface area contributed by atoms with Gasteiger partial charge in [0.05, 0.1) is 0 Å². The molecule has 0 radical (unpaired) electrons. The molecule has 0 spiro atoms. The van der Waals surface area contributed by atoms with Crippen molar-refractivity contribution in [3.05, 3.63) is 29.3 Å². The predicted octanol–water partition coefficient (Wildman–Crippen LogP) is 1.28. The van der Waals surface area contributed by atoms with Crippen LogP contribution in [-0.4, -0.2) is 11.7 Å². The fourth-order valence-electron chi connectivity index (χ4n) is 1.71. The fourth-order valence-corrected chi connectivity index (χ4v) is 2.89. The number of fused-ring (bicyclic) bond motifs is 1. The van der Waals surface area contributed by atoms with Gasteiger partial charge in [0.1, 0.15) is 0 Å². The topological polar surface area (TPSA) is 69.1 Å². The van der Waals surface area contributed by atoms with Gasteiger partial charge in [-0.05, 0) is 29.9 Å². The normalized spacial score (nSPS) is 20.2. The number of nitrogens with two attached hydrogens (primary N) is 2. The van der Waals surface area contributed by atoms with E-state index in [1.165, 1.54) is 0 Å². The summed E-state index contributed by atoms with van der Waals surface area (Å²) in [6.07, 6.45) is 0.905. The molecule has 0 unspecified atom stereocenters. The second-order valence-electron chi connectivity index (χ2n) is 3.33. The minimum absolute atomic E-state index is 0.0463. The van der Waals surface area contributed by atoms with E-state index in [-0.39, 0.29) is 11.9 Å². The van der Waals surface area contributed by atoms with Gasteiger partial charge in [-0.3, -0.25) is 4.79 Å². The van der Waals surface area contributed by atoms with Crippen molar-refractivity contribution in [3.8, 4) is 0 Å². The smallest absolute Gasteiger partial charge is 0.249 e. The Morgan fingerprint density at radius 3 is 3.00 bits per heavy atom. The molecule has 1 amide bonds. The van der Waals surface area contributed by atoms with Crippen LogP contribution in [-0.2, 0) is 0 Å². The monoisotopic (exact) mass is 208 g/mol. The van der Waals surface area contributed by atoms with Crippen LogP contribution in [0.4, 0.5) is 0 Å². The van der Waals surface area contributed by atoms with Crippen LogP contribution in [0.5, 0.6) is 0 Å².